The summed E-state index contributed by atoms with van der Waals surface area (Å²) in [7, 11) is 0. The van der Waals surface area contributed by atoms with Crippen LogP contribution < -0.4 is 0 Å². The standard InChI is InChI=1S/C13H20O/c1-12-10-8-6-4-2-3-5-7-9-11-13(12)14/h4,6,8,10,14H,2-3,5,7,9,11H2,1H3. The molecule has 1 heteroatoms. The van der Waals surface area contributed by atoms with Crippen LogP contribution in [0.2, 0.25) is 0 Å². The SMILES string of the molecule is CC1=C(O)CCCCCCC=CC=C1. The van der Waals surface area contributed by atoms with Gasteiger partial charge in [-0.1, -0.05) is 37.1 Å². The summed E-state index contributed by atoms with van der Waals surface area (Å²) >= 11 is 0. The molecule has 0 aromatic carbocycles. The van der Waals surface area contributed by atoms with E-state index in [1.807, 2.05) is 19.1 Å². The molecule has 0 bridgehead atoms. The molecule has 0 fully saturated rings. The Kier molecular flexibility index (Phi) is 5.13. The molecule has 0 aliphatic heterocycles. The monoisotopic (exact) mass is 192 g/mol. The molecule has 0 unspecified atom stereocenters. The number of allylic oxidation sites excluding steroid dienone is 6. The van der Waals surface area contributed by atoms with E-state index in [1.54, 1.807) is 0 Å². The van der Waals surface area contributed by atoms with Crippen LogP contribution in [0.4, 0.5) is 0 Å². The van der Waals surface area contributed by atoms with Gasteiger partial charge in [-0.3, -0.25) is 0 Å². The maximum Gasteiger partial charge on any atom is 0.0951 e. The minimum Gasteiger partial charge on any atom is -0.512 e. The first-order valence-corrected chi connectivity index (χ1v) is 5.52. The second-order valence-electron chi connectivity index (χ2n) is 3.87. The molecule has 0 saturated carbocycles. The minimum atomic E-state index is 0.551. The molecule has 0 spiro atoms. The maximum atomic E-state index is 9.67. The van der Waals surface area contributed by atoms with Crippen LogP contribution in [0.1, 0.15) is 45.4 Å². The molecule has 0 aromatic heterocycles. The van der Waals surface area contributed by atoms with E-state index in [2.05, 4.69) is 12.2 Å². The molecular weight excluding hydrogens is 172 g/mol. The van der Waals surface area contributed by atoms with Crippen LogP contribution in [0.15, 0.2) is 35.6 Å². The van der Waals surface area contributed by atoms with Crippen molar-refractivity contribution in [3.63, 3.8) is 0 Å². The lowest BCUT2D eigenvalue weighted by Gasteiger charge is -2.03. The van der Waals surface area contributed by atoms with Crippen molar-refractivity contribution in [3.05, 3.63) is 35.6 Å². The van der Waals surface area contributed by atoms with Crippen LogP contribution in [-0.2, 0) is 0 Å². The lowest BCUT2D eigenvalue weighted by Crippen LogP contribution is -1.87. The number of aliphatic hydroxyl groups is 1. The summed E-state index contributed by atoms with van der Waals surface area (Å²) in [4.78, 5) is 0. The Morgan fingerprint density at radius 1 is 1.07 bits per heavy atom. The lowest BCUT2D eigenvalue weighted by atomic mass is 10.1. The Balaban J connectivity index is 2.61. The van der Waals surface area contributed by atoms with Gasteiger partial charge in [0.25, 0.3) is 0 Å². The highest BCUT2D eigenvalue weighted by Crippen LogP contribution is 2.14. The highest BCUT2D eigenvalue weighted by molar-refractivity contribution is 5.22. The molecule has 0 radical (unpaired) electrons. The number of hydrogen-bond acceptors (Lipinski definition) is 1. The molecular formula is C13H20O. The van der Waals surface area contributed by atoms with Gasteiger partial charge in [-0.15, -0.1) is 0 Å². The Hall–Kier alpha value is -0.980. The molecule has 0 saturated heterocycles. The van der Waals surface area contributed by atoms with Gasteiger partial charge in [0.2, 0.25) is 0 Å². The van der Waals surface area contributed by atoms with E-state index in [0.717, 1.165) is 18.4 Å². The molecule has 0 amide bonds. The van der Waals surface area contributed by atoms with Crippen molar-refractivity contribution >= 4 is 0 Å². The summed E-state index contributed by atoms with van der Waals surface area (Å²) in [6.45, 7) is 1.96. The average Bonchev–Trinajstić information content (AvgIpc) is 2.18. The highest BCUT2D eigenvalue weighted by atomic mass is 16.3. The first-order chi connectivity index (χ1) is 6.80. The lowest BCUT2D eigenvalue weighted by molar-refractivity contribution is 0.375. The molecule has 0 atom stereocenters. The van der Waals surface area contributed by atoms with E-state index in [9.17, 15) is 5.11 Å². The molecule has 1 N–H and O–H groups in total. The van der Waals surface area contributed by atoms with Gasteiger partial charge in [-0.05, 0) is 31.8 Å². The van der Waals surface area contributed by atoms with Gasteiger partial charge in [-0.25, -0.2) is 0 Å². The van der Waals surface area contributed by atoms with Crippen LogP contribution in [0.3, 0.4) is 0 Å². The van der Waals surface area contributed by atoms with E-state index < -0.39 is 0 Å². The summed E-state index contributed by atoms with van der Waals surface area (Å²) in [5.74, 6) is 0.551. The van der Waals surface area contributed by atoms with Crippen molar-refractivity contribution in [2.75, 3.05) is 0 Å². The summed E-state index contributed by atoms with van der Waals surface area (Å²) in [6, 6.07) is 0. The molecule has 1 nitrogen and oxygen atoms in total. The summed E-state index contributed by atoms with van der Waals surface area (Å²) in [6.07, 6.45) is 15.2. The topological polar surface area (TPSA) is 20.2 Å². The molecule has 14 heavy (non-hydrogen) atoms. The van der Waals surface area contributed by atoms with Crippen molar-refractivity contribution in [3.8, 4) is 0 Å². The fourth-order valence-electron chi connectivity index (χ4n) is 1.58. The van der Waals surface area contributed by atoms with Crippen molar-refractivity contribution in [1.29, 1.82) is 0 Å². The largest absolute Gasteiger partial charge is 0.512 e. The fourth-order valence-corrected chi connectivity index (χ4v) is 1.58. The van der Waals surface area contributed by atoms with Gasteiger partial charge >= 0.3 is 0 Å². The van der Waals surface area contributed by atoms with Gasteiger partial charge in [0, 0.05) is 6.42 Å². The first-order valence-electron chi connectivity index (χ1n) is 5.52. The zero-order valence-corrected chi connectivity index (χ0v) is 9.00. The molecule has 1 aliphatic rings. The molecule has 1 rings (SSSR count). The smallest absolute Gasteiger partial charge is 0.0951 e. The van der Waals surface area contributed by atoms with Gasteiger partial charge in [0.1, 0.15) is 0 Å². The fraction of sp³-hybridized carbons (Fsp3) is 0.538. The van der Waals surface area contributed by atoms with Crippen molar-refractivity contribution < 1.29 is 5.11 Å². The second kappa shape index (κ2) is 6.47. The van der Waals surface area contributed by atoms with Crippen LogP contribution in [0, 0.1) is 0 Å². The van der Waals surface area contributed by atoms with Crippen LogP contribution in [0.5, 0.6) is 0 Å². The van der Waals surface area contributed by atoms with Gasteiger partial charge in [-0.2, -0.15) is 0 Å². The Morgan fingerprint density at radius 3 is 2.71 bits per heavy atom. The summed E-state index contributed by atoms with van der Waals surface area (Å²) < 4.78 is 0. The van der Waals surface area contributed by atoms with Gasteiger partial charge in [0.15, 0.2) is 0 Å². The summed E-state index contributed by atoms with van der Waals surface area (Å²) in [5.41, 5.74) is 0.996. The third-order valence-electron chi connectivity index (χ3n) is 2.58. The van der Waals surface area contributed by atoms with Gasteiger partial charge < -0.3 is 5.11 Å². The van der Waals surface area contributed by atoms with E-state index >= 15 is 0 Å². The van der Waals surface area contributed by atoms with E-state index in [4.69, 9.17) is 0 Å². The summed E-state index contributed by atoms with van der Waals surface area (Å²) in [5, 5.41) is 9.67. The molecule has 0 aromatic rings. The Morgan fingerprint density at radius 2 is 1.86 bits per heavy atom. The van der Waals surface area contributed by atoms with Crippen LogP contribution in [-0.4, -0.2) is 5.11 Å². The van der Waals surface area contributed by atoms with E-state index in [0.29, 0.717) is 5.76 Å². The molecule has 0 heterocycles. The molecule has 78 valence electrons. The Labute approximate surface area is 86.8 Å². The quantitative estimate of drug-likeness (QED) is 0.607. The van der Waals surface area contributed by atoms with Crippen molar-refractivity contribution in [1.82, 2.24) is 0 Å². The number of aliphatic hydroxyl groups excluding tert-OH is 1. The highest BCUT2D eigenvalue weighted by Gasteiger charge is 1.98. The zero-order valence-electron chi connectivity index (χ0n) is 9.00. The minimum absolute atomic E-state index is 0.551. The maximum absolute atomic E-state index is 9.67. The van der Waals surface area contributed by atoms with Crippen molar-refractivity contribution in [2.24, 2.45) is 0 Å². The number of rotatable bonds is 0. The number of hydrogen-bond donors (Lipinski definition) is 1. The van der Waals surface area contributed by atoms with Crippen molar-refractivity contribution in [2.45, 2.75) is 45.4 Å². The zero-order chi connectivity index (χ0) is 10.2. The van der Waals surface area contributed by atoms with Gasteiger partial charge in [0.05, 0.1) is 5.76 Å². The van der Waals surface area contributed by atoms with E-state index in [-0.39, 0.29) is 0 Å². The van der Waals surface area contributed by atoms with E-state index in [1.165, 1.54) is 25.7 Å². The predicted octanol–water partition coefficient (Wildman–Crippen LogP) is 4.29. The second-order valence-corrected chi connectivity index (χ2v) is 3.87. The third kappa shape index (κ3) is 4.31. The van der Waals surface area contributed by atoms with Crippen LogP contribution in [0.25, 0.3) is 0 Å². The Bertz CT molecular complexity index is 246. The first kappa shape index (κ1) is 11.1. The third-order valence-corrected chi connectivity index (χ3v) is 2.58. The van der Waals surface area contributed by atoms with Crippen LogP contribution >= 0.6 is 0 Å². The average molecular weight is 192 g/mol. The predicted molar refractivity (Wildman–Crippen MR) is 61.3 cm³/mol. The normalized spacial score (nSPS) is 20.4. The molecule has 1 aliphatic carbocycles.